The van der Waals surface area contributed by atoms with Gasteiger partial charge in [0.2, 0.25) is 0 Å². The molecular formula is C19H17ClO5. The van der Waals surface area contributed by atoms with Gasteiger partial charge in [0.25, 0.3) is 0 Å². The molecule has 0 aliphatic rings. The predicted molar refractivity (Wildman–Crippen MR) is 95.7 cm³/mol. The van der Waals surface area contributed by atoms with Crippen LogP contribution in [-0.4, -0.2) is 26.0 Å². The molecule has 0 fully saturated rings. The molecule has 2 aromatic rings. The Morgan fingerprint density at radius 1 is 1.04 bits per heavy atom. The van der Waals surface area contributed by atoms with Crippen LogP contribution in [0.2, 0.25) is 5.02 Å². The fourth-order valence-corrected chi connectivity index (χ4v) is 2.40. The molecule has 0 N–H and O–H groups in total. The molecule has 2 rings (SSSR count). The first-order valence-electron chi connectivity index (χ1n) is 7.37. The van der Waals surface area contributed by atoms with Crippen molar-refractivity contribution in [2.75, 3.05) is 14.2 Å². The van der Waals surface area contributed by atoms with E-state index in [-0.39, 0.29) is 5.78 Å². The van der Waals surface area contributed by atoms with Crippen LogP contribution in [0.15, 0.2) is 42.5 Å². The number of hydrogen-bond donors (Lipinski definition) is 0. The number of halogens is 1. The lowest BCUT2D eigenvalue weighted by Crippen LogP contribution is -2.04. The quantitative estimate of drug-likeness (QED) is 0.335. The van der Waals surface area contributed by atoms with E-state index < -0.39 is 5.97 Å². The molecule has 0 aromatic heterocycles. The van der Waals surface area contributed by atoms with Crippen LogP contribution in [0.25, 0.3) is 6.08 Å². The number of carbonyl (C=O) groups is 2. The van der Waals surface area contributed by atoms with Gasteiger partial charge in [-0.15, -0.1) is 0 Å². The first-order chi connectivity index (χ1) is 11.9. The molecule has 0 atom stereocenters. The van der Waals surface area contributed by atoms with Gasteiger partial charge < -0.3 is 14.2 Å². The number of methoxy groups -OCH3 is 2. The minimum atomic E-state index is -0.554. The van der Waals surface area contributed by atoms with Crippen LogP contribution in [-0.2, 0) is 4.79 Å². The second-order valence-electron chi connectivity index (χ2n) is 5.07. The van der Waals surface area contributed by atoms with Crippen molar-refractivity contribution < 1.29 is 23.8 Å². The fraction of sp³-hybridized carbons (Fsp3) is 0.158. The third kappa shape index (κ3) is 4.84. The lowest BCUT2D eigenvalue weighted by molar-refractivity contribution is -0.128. The Balaban J connectivity index is 2.09. The highest BCUT2D eigenvalue weighted by molar-refractivity contribution is 6.32. The van der Waals surface area contributed by atoms with Crippen molar-refractivity contribution in [2.24, 2.45) is 0 Å². The molecule has 0 spiro atoms. The molecule has 0 aliphatic carbocycles. The second kappa shape index (κ2) is 8.35. The van der Waals surface area contributed by atoms with Gasteiger partial charge >= 0.3 is 5.97 Å². The van der Waals surface area contributed by atoms with Crippen LogP contribution >= 0.6 is 11.6 Å². The molecule has 0 heterocycles. The Morgan fingerprint density at radius 3 is 2.28 bits per heavy atom. The van der Waals surface area contributed by atoms with Crippen molar-refractivity contribution in [3.63, 3.8) is 0 Å². The maximum absolute atomic E-state index is 11.9. The number of rotatable bonds is 6. The topological polar surface area (TPSA) is 61.8 Å². The summed E-state index contributed by atoms with van der Waals surface area (Å²) in [5.41, 5.74) is 1.21. The maximum Gasteiger partial charge on any atom is 0.336 e. The fourth-order valence-electron chi connectivity index (χ4n) is 2.11. The zero-order chi connectivity index (χ0) is 18.4. The van der Waals surface area contributed by atoms with E-state index in [1.807, 2.05) is 0 Å². The zero-order valence-electron chi connectivity index (χ0n) is 14.0. The minimum absolute atomic E-state index is 0.0527. The molecule has 0 saturated heterocycles. The molecule has 5 nitrogen and oxygen atoms in total. The Morgan fingerprint density at radius 2 is 1.72 bits per heavy atom. The molecule has 130 valence electrons. The molecule has 25 heavy (non-hydrogen) atoms. The lowest BCUT2D eigenvalue weighted by Gasteiger charge is -2.10. The highest BCUT2D eigenvalue weighted by Crippen LogP contribution is 2.36. The third-order valence-electron chi connectivity index (χ3n) is 3.35. The Kier molecular flexibility index (Phi) is 6.19. The molecule has 0 unspecified atom stereocenters. The van der Waals surface area contributed by atoms with Gasteiger partial charge in [-0.2, -0.15) is 0 Å². The van der Waals surface area contributed by atoms with Crippen LogP contribution in [0.5, 0.6) is 17.2 Å². The zero-order valence-corrected chi connectivity index (χ0v) is 14.8. The number of benzene rings is 2. The van der Waals surface area contributed by atoms with E-state index in [1.54, 1.807) is 42.5 Å². The van der Waals surface area contributed by atoms with Gasteiger partial charge in [-0.05, 0) is 55.0 Å². The van der Waals surface area contributed by atoms with E-state index >= 15 is 0 Å². The average Bonchev–Trinajstić information content (AvgIpc) is 2.59. The summed E-state index contributed by atoms with van der Waals surface area (Å²) in [4.78, 5) is 23.1. The Bertz CT molecular complexity index is 809. The average molecular weight is 361 g/mol. The van der Waals surface area contributed by atoms with Crippen LogP contribution in [0.1, 0.15) is 22.8 Å². The van der Waals surface area contributed by atoms with E-state index in [9.17, 15) is 9.59 Å². The second-order valence-corrected chi connectivity index (χ2v) is 5.48. The molecule has 2 aromatic carbocycles. The van der Waals surface area contributed by atoms with Gasteiger partial charge in [0, 0.05) is 11.6 Å². The molecular weight excluding hydrogens is 344 g/mol. The number of carbonyl (C=O) groups excluding carboxylic acids is 2. The molecule has 0 aliphatic heterocycles. The number of ketones is 1. The van der Waals surface area contributed by atoms with E-state index in [2.05, 4.69) is 0 Å². The van der Waals surface area contributed by atoms with Gasteiger partial charge in [0.05, 0.1) is 19.2 Å². The van der Waals surface area contributed by atoms with E-state index in [0.717, 1.165) is 0 Å². The van der Waals surface area contributed by atoms with E-state index in [1.165, 1.54) is 27.2 Å². The van der Waals surface area contributed by atoms with Crippen molar-refractivity contribution in [3.05, 3.63) is 58.6 Å². The third-order valence-corrected chi connectivity index (χ3v) is 3.63. The summed E-state index contributed by atoms with van der Waals surface area (Å²) in [6.45, 7) is 1.47. The maximum atomic E-state index is 11.9. The van der Waals surface area contributed by atoms with Crippen molar-refractivity contribution in [1.29, 1.82) is 0 Å². The number of ether oxygens (including phenoxy) is 3. The largest absolute Gasteiger partial charge is 0.493 e. The van der Waals surface area contributed by atoms with Crippen molar-refractivity contribution >= 4 is 29.4 Å². The van der Waals surface area contributed by atoms with Gasteiger partial charge in [-0.25, -0.2) is 4.79 Å². The van der Waals surface area contributed by atoms with Crippen LogP contribution in [0.3, 0.4) is 0 Å². The summed E-state index contributed by atoms with van der Waals surface area (Å²) in [5, 5.41) is 0.370. The van der Waals surface area contributed by atoms with Crippen molar-refractivity contribution in [1.82, 2.24) is 0 Å². The van der Waals surface area contributed by atoms with Gasteiger partial charge in [-0.1, -0.05) is 11.6 Å². The molecule has 0 bridgehead atoms. The summed E-state index contributed by atoms with van der Waals surface area (Å²) >= 11 is 6.12. The minimum Gasteiger partial charge on any atom is -0.493 e. The summed E-state index contributed by atoms with van der Waals surface area (Å²) in [5.74, 6) is 0.631. The van der Waals surface area contributed by atoms with Crippen molar-refractivity contribution in [2.45, 2.75) is 6.92 Å². The standard InChI is InChI=1S/C19H17ClO5/c1-12(21)14-5-7-15(8-6-14)25-18(22)9-4-13-10-16(20)19(24-3)17(11-13)23-2/h4-11H,1-3H3/b9-4+. The smallest absolute Gasteiger partial charge is 0.336 e. The highest BCUT2D eigenvalue weighted by atomic mass is 35.5. The van der Waals surface area contributed by atoms with Crippen LogP contribution < -0.4 is 14.2 Å². The normalized spacial score (nSPS) is 10.6. The predicted octanol–water partition coefficient (Wildman–Crippen LogP) is 4.18. The summed E-state index contributed by atoms with van der Waals surface area (Å²) in [6.07, 6.45) is 2.83. The number of hydrogen-bond acceptors (Lipinski definition) is 5. The highest BCUT2D eigenvalue weighted by Gasteiger charge is 2.10. The summed E-state index contributed by atoms with van der Waals surface area (Å²) in [7, 11) is 2.99. The first-order valence-corrected chi connectivity index (χ1v) is 7.74. The van der Waals surface area contributed by atoms with Gasteiger partial charge in [0.15, 0.2) is 17.3 Å². The van der Waals surface area contributed by atoms with E-state index in [0.29, 0.717) is 33.4 Å². The molecule has 6 heteroatoms. The first kappa shape index (κ1) is 18.5. The molecule has 0 saturated carbocycles. The molecule has 0 radical (unpaired) electrons. The summed E-state index contributed by atoms with van der Waals surface area (Å²) < 4.78 is 15.5. The number of esters is 1. The number of Topliss-reactive ketones (excluding diaryl/α,β-unsaturated/α-hetero) is 1. The Labute approximate surface area is 150 Å². The van der Waals surface area contributed by atoms with Gasteiger partial charge in [-0.3, -0.25) is 4.79 Å². The SMILES string of the molecule is COc1cc(/C=C/C(=O)Oc2ccc(C(C)=O)cc2)cc(Cl)c1OC. The summed E-state index contributed by atoms with van der Waals surface area (Å²) in [6, 6.07) is 9.67. The molecule has 0 amide bonds. The van der Waals surface area contributed by atoms with E-state index in [4.69, 9.17) is 25.8 Å². The van der Waals surface area contributed by atoms with Crippen molar-refractivity contribution in [3.8, 4) is 17.2 Å². The Hall–Kier alpha value is -2.79. The lowest BCUT2D eigenvalue weighted by atomic mass is 10.1. The van der Waals surface area contributed by atoms with Crippen LogP contribution in [0, 0.1) is 0 Å². The van der Waals surface area contributed by atoms with Gasteiger partial charge in [0.1, 0.15) is 5.75 Å². The van der Waals surface area contributed by atoms with Crippen LogP contribution in [0.4, 0.5) is 0 Å². The monoisotopic (exact) mass is 360 g/mol.